The molecule has 1 aliphatic rings. The van der Waals surface area contributed by atoms with Crippen LogP contribution in [0.15, 0.2) is 23.1 Å². The van der Waals surface area contributed by atoms with Crippen molar-refractivity contribution in [3.8, 4) is 0 Å². The predicted molar refractivity (Wildman–Crippen MR) is 75.0 cm³/mol. The Bertz CT molecular complexity index is 548. The fourth-order valence-electron chi connectivity index (χ4n) is 2.62. The number of benzene rings is 1. The van der Waals surface area contributed by atoms with E-state index >= 15 is 0 Å². The Morgan fingerprint density at radius 1 is 1.42 bits per heavy atom. The standard InChI is InChI=1S/C14H21NO3S/c1-10-5-6-14(11(2)8-10)19(17,18)9-13(16)12-4-3-7-15-12/h5-6,8,12-13,15-16H,3-4,7,9H2,1-2H3/t12-,13+/m0/s1. The van der Waals surface area contributed by atoms with Crippen molar-refractivity contribution in [1.82, 2.24) is 5.32 Å². The molecule has 2 rings (SSSR count). The van der Waals surface area contributed by atoms with E-state index in [1.54, 1.807) is 19.1 Å². The van der Waals surface area contributed by atoms with Gasteiger partial charge in [0.2, 0.25) is 0 Å². The van der Waals surface area contributed by atoms with Crippen molar-refractivity contribution in [2.45, 2.75) is 43.7 Å². The lowest BCUT2D eigenvalue weighted by atomic mass is 10.1. The molecule has 0 aliphatic carbocycles. The highest BCUT2D eigenvalue weighted by Gasteiger charge is 2.28. The van der Waals surface area contributed by atoms with E-state index in [4.69, 9.17) is 0 Å². The summed E-state index contributed by atoms with van der Waals surface area (Å²) in [5.74, 6) is -0.214. The van der Waals surface area contributed by atoms with Crippen LogP contribution in [0.4, 0.5) is 0 Å². The first-order valence-corrected chi connectivity index (χ1v) is 8.27. The van der Waals surface area contributed by atoms with Crippen molar-refractivity contribution in [3.05, 3.63) is 29.3 Å². The lowest BCUT2D eigenvalue weighted by molar-refractivity contribution is 0.157. The number of hydrogen-bond acceptors (Lipinski definition) is 4. The molecule has 1 aliphatic heterocycles. The van der Waals surface area contributed by atoms with Crippen LogP contribution in [-0.4, -0.2) is 38.0 Å². The topological polar surface area (TPSA) is 66.4 Å². The van der Waals surface area contributed by atoms with E-state index in [2.05, 4.69) is 5.32 Å². The lowest BCUT2D eigenvalue weighted by Crippen LogP contribution is -2.39. The van der Waals surface area contributed by atoms with Crippen molar-refractivity contribution in [2.75, 3.05) is 12.3 Å². The summed E-state index contributed by atoms with van der Waals surface area (Å²) in [6.45, 7) is 4.58. The molecule has 0 spiro atoms. The Morgan fingerprint density at radius 2 is 2.16 bits per heavy atom. The van der Waals surface area contributed by atoms with Gasteiger partial charge in [-0.2, -0.15) is 0 Å². The molecular weight excluding hydrogens is 262 g/mol. The van der Waals surface area contributed by atoms with Crippen LogP contribution in [0.3, 0.4) is 0 Å². The average Bonchev–Trinajstić information content (AvgIpc) is 2.80. The molecule has 106 valence electrons. The molecule has 0 unspecified atom stereocenters. The number of aryl methyl sites for hydroxylation is 2. The molecule has 1 saturated heterocycles. The number of aliphatic hydroxyl groups excluding tert-OH is 1. The minimum atomic E-state index is -3.43. The fraction of sp³-hybridized carbons (Fsp3) is 0.571. The zero-order valence-electron chi connectivity index (χ0n) is 11.4. The molecule has 0 aromatic heterocycles. The number of aliphatic hydroxyl groups is 1. The van der Waals surface area contributed by atoms with E-state index in [0.717, 1.165) is 30.5 Å². The smallest absolute Gasteiger partial charge is 0.181 e. The first kappa shape index (κ1) is 14.5. The summed E-state index contributed by atoms with van der Waals surface area (Å²) in [4.78, 5) is 0.329. The Morgan fingerprint density at radius 3 is 2.74 bits per heavy atom. The van der Waals surface area contributed by atoms with Crippen LogP contribution in [0.2, 0.25) is 0 Å². The van der Waals surface area contributed by atoms with Gasteiger partial charge in [0.1, 0.15) is 0 Å². The second kappa shape index (κ2) is 5.61. The third kappa shape index (κ3) is 3.35. The molecule has 2 N–H and O–H groups in total. The van der Waals surface area contributed by atoms with Gasteiger partial charge in [-0.25, -0.2) is 8.42 Å². The van der Waals surface area contributed by atoms with Gasteiger partial charge in [0.15, 0.2) is 9.84 Å². The fourth-order valence-corrected chi connectivity index (χ4v) is 4.31. The molecular formula is C14H21NO3S. The van der Waals surface area contributed by atoms with Crippen LogP contribution < -0.4 is 5.32 Å². The summed E-state index contributed by atoms with van der Waals surface area (Å²) < 4.78 is 24.7. The SMILES string of the molecule is Cc1ccc(S(=O)(=O)C[C@@H](O)[C@@H]2CCCN2)c(C)c1. The van der Waals surface area contributed by atoms with E-state index < -0.39 is 15.9 Å². The van der Waals surface area contributed by atoms with Gasteiger partial charge in [0, 0.05) is 6.04 Å². The Balaban J connectivity index is 2.17. The maximum Gasteiger partial charge on any atom is 0.181 e. The Kier molecular flexibility index (Phi) is 4.28. The summed E-state index contributed by atoms with van der Waals surface area (Å²) in [6, 6.07) is 5.18. The molecule has 1 fully saturated rings. The first-order valence-electron chi connectivity index (χ1n) is 6.61. The molecule has 2 atom stereocenters. The second-order valence-corrected chi connectivity index (χ2v) is 7.32. The predicted octanol–water partition coefficient (Wildman–Crippen LogP) is 1.19. The molecule has 1 aromatic rings. The minimum Gasteiger partial charge on any atom is -0.390 e. The molecule has 0 radical (unpaired) electrons. The molecule has 1 aromatic carbocycles. The van der Waals surface area contributed by atoms with E-state index in [1.807, 2.05) is 13.0 Å². The van der Waals surface area contributed by atoms with Crippen LogP contribution in [-0.2, 0) is 9.84 Å². The average molecular weight is 283 g/mol. The highest BCUT2D eigenvalue weighted by Crippen LogP contribution is 2.20. The van der Waals surface area contributed by atoms with Gasteiger partial charge in [0.05, 0.1) is 16.8 Å². The number of hydrogen-bond donors (Lipinski definition) is 2. The zero-order chi connectivity index (χ0) is 14.0. The van der Waals surface area contributed by atoms with Gasteiger partial charge < -0.3 is 10.4 Å². The van der Waals surface area contributed by atoms with Crippen LogP contribution in [0.5, 0.6) is 0 Å². The number of rotatable bonds is 4. The lowest BCUT2D eigenvalue weighted by Gasteiger charge is -2.18. The largest absolute Gasteiger partial charge is 0.390 e. The maximum atomic E-state index is 12.3. The van der Waals surface area contributed by atoms with Crippen LogP contribution in [0, 0.1) is 13.8 Å². The monoisotopic (exact) mass is 283 g/mol. The zero-order valence-corrected chi connectivity index (χ0v) is 12.2. The van der Waals surface area contributed by atoms with E-state index in [1.165, 1.54) is 0 Å². The van der Waals surface area contributed by atoms with Crippen molar-refractivity contribution in [2.24, 2.45) is 0 Å². The Hall–Kier alpha value is -0.910. The van der Waals surface area contributed by atoms with Crippen molar-refractivity contribution >= 4 is 9.84 Å². The van der Waals surface area contributed by atoms with Crippen molar-refractivity contribution < 1.29 is 13.5 Å². The minimum absolute atomic E-state index is 0.0967. The second-order valence-electron chi connectivity index (χ2n) is 5.32. The third-order valence-corrected chi connectivity index (χ3v) is 5.53. The molecule has 0 amide bonds. The van der Waals surface area contributed by atoms with Crippen molar-refractivity contribution in [3.63, 3.8) is 0 Å². The molecule has 19 heavy (non-hydrogen) atoms. The van der Waals surface area contributed by atoms with E-state index in [0.29, 0.717) is 4.90 Å². The quantitative estimate of drug-likeness (QED) is 0.871. The summed E-state index contributed by atoms with van der Waals surface area (Å²) >= 11 is 0. The normalized spacial score (nSPS) is 21.5. The summed E-state index contributed by atoms with van der Waals surface area (Å²) in [7, 11) is -3.43. The van der Waals surface area contributed by atoms with Crippen LogP contribution >= 0.6 is 0 Å². The van der Waals surface area contributed by atoms with Gasteiger partial charge in [-0.15, -0.1) is 0 Å². The van der Waals surface area contributed by atoms with Crippen LogP contribution in [0.25, 0.3) is 0 Å². The van der Waals surface area contributed by atoms with Gasteiger partial charge in [-0.1, -0.05) is 17.7 Å². The summed E-state index contributed by atoms with van der Waals surface area (Å²) in [5.41, 5.74) is 1.78. The molecule has 5 heteroatoms. The van der Waals surface area contributed by atoms with E-state index in [9.17, 15) is 13.5 Å². The Labute approximate surface area is 114 Å². The van der Waals surface area contributed by atoms with Crippen LogP contribution in [0.1, 0.15) is 24.0 Å². The van der Waals surface area contributed by atoms with Gasteiger partial charge in [-0.3, -0.25) is 0 Å². The van der Waals surface area contributed by atoms with Crippen molar-refractivity contribution in [1.29, 1.82) is 0 Å². The maximum absolute atomic E-state index is 12.3. The molecule has 1 heterocycles. The first-order chi connectivity index (χ1) is 8.90. The molecule has 4 nitrogen and oxygen atoms in total. The molecule has 0 saturated carbocycles. The summed E-state index contributed by atoms with van der Waals surface area (Å²) in [6.07, 6.45) is 0.989. The summed E-state index contributed by atoms with van der Waals surface area (Å²) in [5, 5.41) is 13.2. The van der Waals surface area contributed by atoms with Gasteiger partial charge in [-0.05, 0) is 44.9 Å². The van der Waals surface area contributed by atoms with Gasteiger partial charge in [0.25, 0.3) is 0 Å². The molecule has 0 bridgehead atoms. The third-order valence-electron chi connectivity index (χ3n) is 3.62. The number of sulfone groups is 1. The highest BCUT2D eigenvalue weighted by molar-refractivity contribution is 7.91. The van der Waals surface area contributed by atoms with Gasteiger partial charge >= 0.3 is 0 Å². The highest BCUT2D eigenvalue weighted by atomic mass is 32.2. The van der Waals surface area contributed by atoms with E-state index in [-0.39, 0.29) is 11.8 Å². The number of nitrogens with one attached hydrogen (secondary N) is 1.